The van der Waals surface area contributed by atoms with Crippen molar-refractivity contribution in [3.63, 3.8) is 0 Å². The number of aliphatic hydroxyl groups is 3. The number of aromatic nitrogens is 4. The summed E-state index contributed by atoms with van der Waals surface area (Å²) >= 11 is 0. The number of aliphatic hydroxyl groups excluding tert-OH is 3. The van der Waals surface area contributed by atoms with E-state index in [4.69, 9.17) is 10.5 Å². The van der Waals surface area contributed by atoms with Gasteiger partial charge in [0.1, 0.15) is 23.8 Å². The van der Waals surface area contributed by atoms with Crippen molar-refractivity contribution in [3.8, 4) is 0 Å². The summed E-state index contributed by atoms with van der Waals surface area (Å²) in [5, 5.41) is 37.4. The summed E-state index contributed by atoms with van der Waals surface area (Å²) < 4.78 is 6.94. The SMILES string of the molecule is CC(C)CCN=Nc1nc(N)c2ncn(C3OC(CO)[C@@H](O)[C@H]3O)c2n1. The van der Waals surface area contributed by atoms with Gasteiger partial charge in [-0.3, -0.25) is 4.57 Å². The van der Waals surface area contributed by atoms with Gasteiger partial charge in [-0.2, -0.15) is 15.1 Å². The number of hydrogen-bond acceptors (Lipinski definition) is 10. The molecule has 5 N–H and O–H groups in total. The minimum atomic E-state index is -1.25. The van der Waals surface area contributed by atoms with Crippen LogP contribution in [0, 0.1) is 5.92 Å². The van der Waals surface area contributed by atoms with E-state index in [2.05, 4.69) is 39.0 Å². The van der Waals surface area contributed by atoms with Gasteiger partial charge in [0.05, 0.1) is 19.5 Å². The van der Waals surface area contributed by atoms with Crippen LogP contribution in [0.2, 0.25) is 0 Å². The molecule has 26 heavy (non-hydrogen) atoms. The first-order valence-electron chi connectivity index (χ1n) is 8.42. The van der Waals surface area contributed by atoms with Crippen LogP contribution in [0.15, 0.2) is 16.6 Å². The standard InChI is InChI=1S/C15H23N7O4/c1-7(2)3-4-18-21-15-19-12(16)9-13(20-15)22(6-17-9)14-11(25)10(24)8(5-23)26-14/h6-8,10-11,14,23-25H,3-5H2,1-2H3,(H2,16,19,20)/t8?,10-,11-,14?/m1/s1. The monoisotopic (exact) mass is 365 g/mol. The number of imidazole rings is 1. The first kappa shape index (κ1) is 18.6. The molecule has 0 aliphatic carbocycles. The summed E-state index contributed by atoms with van der Waals surface area (Å²) in [6.45, 7) is 4.31. The molecule has 11 nitrogen and oxygen atoms in total. The van der Waals surface area contributed by atoms with E-state index in [1.807, 2.05) is 0 Å². The van der Waals surface area contributed by atoms with Gasteiger partial charge in [-0.15, -0.1) is 5.11 Å². The molecule has 0 saturated carbocycles. The average Bonchev–Trinajstić information content (AvgIpc) is 3.14. The molecule has 1 saturated heterocycles. The Morgan fingerprint density at radius 3 is 2.73 bits per heavy atom. The van der Waals surface area contributed by atoms with Crippen LogP contribution in [0.4, 0.5) is 11.8 Å². The molecule has 142 valence electrons. The number of rotatable bonds is 6. The van der Waals surface area contributed by atoms with Crippen molar-refractivity contribution >= 4 is 22.9 Å². The summed E-state index contributed by atoms with van der Waals surface area (Å²) in [7, 11) is 0. The van der Waals surface area contributed by atoms with Gasteiger partial charge in [0.15, 0.2) is 17.7 Å². The fraction of sp³-hybridized carbons (Fsp3) is 0.667. The lowest BCUT2D eigenvalue weighted by Gasteiger charge is -2.16. The van der Waals surface area contributed by atoms with Crippen LogP contribution in [-0.4, -0.2) is 66.3 Å². The Kier molecular flexibility index (Phi) is 5.41. The summed E-state index contributed by atoms with van der Waals surface area (Å²) in [6.07, 6.45) is -2.07. The van der Waals surface area contributed by atoms with Gasteiger partial charge < -0.3 is 25.8 Å². The van der Waals surface area contributed by atoms with Crippen LogP contribution in [0.5, 0.6) is 0 Å². The Balaban J connectivity index is 1.90. The quantitative estimate of drug-likeness (QED) is 0.525. The molecule has 0 amide bonds. The third-order valence-electron chi connectivity index (χ3n) is 4.19. The number of hydrogen-bond donors (Lipinski definition) is 4. The van der Waals surface area contributed by atoms with Gasteiger partial charge in [-0.25, -0.2) is 4.98 Å². The highest BCUT2D eigenvalue weighted by atomic mass is 16.6. The Hall–Kier alpha value is -2.21. The summed E-state index contributed by atoms with van der Waals surface area (Å²) in [4.78, 5) is 12.5. The molecule has 1 fully saturated rings. The van der Waals surface area contributed by atoms with Crippen LogP contribution >= 0.6 is 0 Å². The van der Waals surface area contributed by atoms with Gasteiger partial charge in [0, 0.05) is 0 Å². The second kappa shape index (κ2) is 7.58. The third-order valence-corrected chi connectivity index (χ3v) is 4.19. The molecule has 11 heteroatoms. The van der Waals surface area contributed by atoms with E-state index in [9.17, 15) is 15.3 Å². The molecule has 0 radical (unpaired) electrons. The lowest BCUT2D eigenvalue weighted by atomic mass is 10.1. The van der Waals surface area contributed by atoms with Crippen LogP contribution in [-0.2, 0) is 4.74 Å². The largest absolute Gasteiger partial charge is 0.394 e. The van der Waals surface area contributed by atoms with Gasteiger partial charge in [0.25, 0.3) is 5.95 Å². The smallest absolute Gasteiger partial charge is 0.272 e. The van der Waals surface area contributed by atoms with E-state index in [-0.39, 0.29) is 11.8 Å². The molecule has 2 aromatic heterocycles. The Bertz CT molecular complexity index is 794. The molecule has 4 atom stereocenters. The number of ether oxygens (including phenoxy) is 1. The zero-order chi connectivity index (χ0) is 18.8. The summed E-state index contributed by atoms with van der Waals surface area (Å²) in [5.74, 6) is 0.710. The van der Waals surface area contributed by atoms with Crippen LogP contribution in [0.1, 0.15) is 26.5 Å². The van der Waals surface area contributed by atoms with E-state index in [1.165, 1.54) is 10.9 Å². The van der Waals surface area contributed by atoms with Crippen molar-refractivity contribution in [2.24, 2.45) is 16.1 Å². The molecule has 1 aliphatic rings. The third kappa shape index (κ3) is 3.51. The highest BCUT2D eigenvalue weighted by Gasteiger charge is 2.44. The Morgan fingerprint density at radius 2 is 2.08 bits per heavy atom. The summed E-state index contributed by atoms with van der Waals surface area (Å²) in [6, 6.07) is 0. The van der Waals surface area contributed by atoms with Crippen LogP contribution < -0.4 is 5.73 Å². The summed E-state index contributed by atoms with van der Waals surface area (Å²) in [5.41, 5.74) is 6.54. The molecule has 3 rings (SSSR count). The molecular formula is C15H23N7O4. The maximum absolute atomic E-state index is 10.2. The van der Waals surface area contributed by atoms with Gasteiger partial charge in [0.2, 0.25) is 0 Å². The maximum atomic E-state index is 10.2. The van der Waals surface area contributed by atoms with E-state index in [0.29, 0.717) is 23.6 Å². The van der Waals surface area contributed by atoms with Gasteiger partial charge in [-0.1, -0.05) is 13.8 Å². The first-order valence-corrected chi connectivity index (χ1v) is 8.42. The van der Waals surface area contributed by atoms with Crippen molar-refractivity contribution < 1.29 is 20.1 Å². The lowest BCUT2D eigenvalue weighted by molar-refractivity contribution is -0.0511. The molecule has 1 aliphatic heterocycles. The minimum absolute atomic E-state index is 0.0762. The fourth-order valence-corrected chi connectivity index (χ4v) is 2.70. The molecule has 2 unspecified atom stereocenters. The average molecular weight is 365 g/mol. The minimum Gasteiger partial charge on any atom is -0.394 e. The van der Waals surface area contributed by atoms with Gasteiger partial charge in [-0.05, 0) is 12.3 Å². The Morgan fingerprint density at radius 1 is 1.31 bits per heavy atom. The van der Waals surface area contributed by atoms with Crippen molar-refractivity contribution in [1.82, 2.24) is 19.5 Å². The molecular weight excluding hydrogens is 342 g/mol. The van der Waals surface area contributed by atoms with Crippen molar-refractivity contribution in [3.05, 3.63) is 6.33 Å². The molecule has 0 aromatic carbocycles. The first-order chi connectivity index (χ1) is 12.4. The number of fused-ring (bicyclic) bond motifs is 1. The number of nitrogens with two attached hydrogens (primary N) is 1. The Labute approximate surface area is 149 Å². The number of anilines is 1. The van der Waals surface area contributed by atoms with E-state index >= 15 is 0 Å². The number of nitrogen functional groups attached to an aromatic ring is 1. The van der Waals surface area contributed by atoms with E-state index < -0.39 is 31.1 Å². The normalized spacial score (nSPS) is 26.5. The van der Waals surface area contributed by atoms with Crippen molar-refractivity contribution in [1.29, 1.82) is 0 Å². The van der Waals surface area contributed by atoms with Crippen LogP contribution in [0.25, 0.3) is 11.2 Å². The highest BCUT2D eigenvalue weighted by molar-refractivity contribution is 5.82. The lowest BCUT2D eigenvalue weighted by Crippen LogP contribution is -2.33. The molecule has 2 aromatic rings. The van der Waals surface area contributed by atoms with Crippen molar-refractivity contribution in [2.75, 3.05) is 18.9 Å². The van der Waals surface area contributed by atoms with Crippen LogP contribution in [0.3, 0.4) is 0 Å². The number of nitrogens with zero attached hydrogens (tertiary/aromatic N) is 6. The zero-order valence-electron chi connectivity index (χ0n) is 14.6. The topological polar surface area (TPSA) is 164 Å². The zero-order valence-corrected chi connectivity index (χ0v) is 14.6. The predicted molar refractivity (Wildman–Crippen MR) is 91.6 cm³/mol. The second-order valence-corrected chi connectivity index (χ2v) is 6.61. The van der Waals surface area contributed by atoms with E-state index in [1.54, 1.807) is 0 Å². The van der Waals surface area contributed by atoms with Gasteiger partial charge >= 0.3 is 0 Å². The molecule has 3 heterocycles. The predicted octanol–water partition coefficient (Wildman–Crippen LogP) is 0.150. The fourth-order valence-electron chi connectivity index (χ4n) is 2.70. The van der Waals surface area contributed by atoms with Crippen molar-refractivity contribution in [2.45, 2.75) is 44.8 Å². The second-order valence-electron chi connectivity index (χ2n) is 6.61. The molecule has 0 spiro atoms. The molecule has 0 bridgehead atoms. The number of azo groups is 1. The highest BCUT2D eigenvalue weighted by Crippen LogP contribution is 2.32. The maximum Gasteiger partial charge on any atom is 0.272 e. The van der Waals surface area contributed by atoms with E-state index in [0.717, 1.165) is 6.42 Å².